The first-order valence-corrected chi connectivity index (χ1v) is 9.99. The summed E-state index contributed by atoms with van der Waals surface area (Å²) in [6.07, 6.45) is 2.56. The Morgan fingerprint density at radius 3 is 2.79 bits per heavy atom. The quantitative estimate of drug-likeness (QED) is 0.802. The van der Waals surface area contributed by atoms with Gasteiger partial charge in [0.1, 0.15) is 5.75 Å². The minimum absolute atomic E-state index is 0.114. The van der Waals surface area contributed by atoms with Crippen molar-refractivity contribution in [3.63, 3.8) is 0 Å². The molecule has 2 aromatic rings. The van der Waals surface area contributed by atoms with E-state index in [4.69, 9.17) is 14.2 Å². The lowest BCUT2D eigenvalue weighted by Gasteiger charge is -2.45. The Labute approximate surface area is 165 Å². The van der Waals surface area contributed by atoms with Crippen LogP contribution in [0.15, 0.2) is 36.4 Å². The first-order valence-electron chi connectivity index (χ1n) is 9.99. The highest BCUT2D eigenvalue weighted by Gasteiger charge is 2.42. The molecule has 0 aromatic heterocycles. The van der Waals surface area contributed by atoms with Gasteiger partial charge in [-0.05, 0) is 59.7 Å². The van der Waals surface area contributed by atoms with Crippen molar-refractivity contribution in [2.45, 2.75) is 38.1 Å². The highest BCUT2D eigenvalue weighted by Crippen LogP contribution is 2.42. The number of methoxy groups -OCH3 is 1. The van der Waals surface area contributed by atoms with E-state index in [2.05, 4.69) is 12.1 Å². The molecule has 5 heteroatoms. The number of amides is 1. The second kappa shape index (κ2) is 6.90. The van der Waals surface area contributed by atoms with Crippen LogP contribution in [-0.4, -0.2) is 37.6 Å². The number of carbonyl (C=O) groups is 1. The van der Waals surface area contributed by atoms with Crippen LogP contribution in [-0.2, 0) is 34.7 Å². The van der Waals surface area contributed by atoms with Gasteiger partial charge in [-0.15, -0.1) is 0 Å². The van der Waals surface area contributed by atoms with Crippen LogP contribution >= 0.6 is 0 Å². The van der Waals surface area contributed by atoms with Crippen molar-refractivity contribution in [1.82, 2.24) is 4.90 Å². The maximum Gasteiger partial charge on any atom is 0.254 e. The SMILES string of the molecule is COc1ccc2c(c1)CCOC21CCN(C(=O)c2cccc3c2COC3)CC1. The zero-order valence-corrected chi connectivity index (χ0v) is 16.2. The number of hydrogen-bond acceptors (Lipinski definition) is 4. The lowest BCUT2D eigenvalue weighted by Crippen LogP contribution is -2.48. The van der Waals surface area contributed by atoms with Gasteiger partial charge in [-0.3, -0.25) is 4.79 Å². The maximum absolute atomic E-state index is 13.2. The number of piperidine rings is 1. The summed E-state index contributed by atoms with van der Waals surface area (Å²) >= 11 is 0. The predicted molar refractivity (Wildman–Crippen MR) is 104 cm³/mol. The highest BCUT2D eigenvalue weighted by molar-refractivity contribution is 5.96. The number of hydrogen-bond donors (Lipinski definition) is 0. The van der Waals surface area contributed by atoms with Gasteiger partial charge in [0, 0.05) is 18.7 Å². The number of rotatable bonds is 2. The van der Waals surface area contributed by atoms with Gasteiger partial charge in [-0.1, -0.05) is 18.2 Å². The zero-order chi connectivity index (χ0) is 19.1. The van der Waals surface area contributed by atoms with Crippen LogP contribution in [0.4, 0.5) is 0 Å². The van der Waals surface area contributed by atoms with E-state index in [-0.39, 0.29) is 11.5 Å². The Morgan fingerprint density at radius 2 is 1.96 bits per heavy atom. The lowest BCUT2D eigenvalue weighted by atomic mass is 9.79. The van der Waals surface area contributed by atoms with E-state index in [1.807, 2.05) is 29.2 Å². The molecule has 5 rings (SSSR count). The van der Waals surface area contributed by atoms with Gasteiger partial charge < -0.3 is 19.1 Å². The van der Waals surface area contributed by atoms with Gasteiger partial charge in [0.2, 0.25) is 0 Å². The minimum Gasteiger partial charge on any atom is -0.497 e. The average Bonchev–Trinajstić information content (AvgIpc) is 3.23. The topological polar surface area (TPSA) is 48.0 Å². The van der Waals surface area contributed by atoms with E-state index in [9.17, 15) is 4.79 Å². The van der Waals surface area contributed by atoms with E-state index in [1.54, 1.807) is 7.11 Å². The maximum atomic E-state index is 13.2. The molecule has 0 N–H and O–H groups in total. The molecule has 0 radical (unpaired) electrons. The third kappa shape index (κ3) is 2.81. The smallest absolute Gasteiger partial charge is 0.254 e. The summed E-state index contributed by atoms with van der Waals surface area (Å²) in [5, 5.41) is 0. The van der Waals surface area contributed by atoms with E-state index in [0.29, 0.717) is 26.3 Å². The van der Waals surface area contributed by atoms with Crippen molar-refractivity contribution in [2.75, 3.05) is 26.8 Å². The van der Waals surface area contributed by atoms with E-state index in [0.717, 1.165) is 48.3 Å². The normalized spacial score (nSPS) is 20.0. The van der Waals surface area contributed by atoms with Crippen molar-refractivity contribution in [2.24, 2.45) is 0 Å². The van der Waals surface area contributed by atoms with Crippen LogP contribution < -0.4 is 4.74 Å². The van der Waals surface area contributed by atoms with Crippen LogP contribution in [0.3, 0.4) is 0 Å². The number of fused-ring (bicyclic) bond motifs is 3. The Balaban J connectivity index is 1.36. The zero-order valence-electron chi connectivity index (χ0n) is 16.2. The number of carbonyl (C=O) groups excluding carboxylic acids is 1. The fourth-order valence-electron chi connectivity index (χ4n) is 4.84. The second-order valence-electron chi connectivity index (χ2n) is 7.84. The van der Waals surface area contributed by atoms with Gasteiger partial charge >= 0.3 is 0 Å². The number of ether oxygens (including phenoxy) is 3. The van der Waals surface area contributed by atoms with Crippen molar-refractivity contribution in [3.8, 4) is 5.75 Å². The molecule has 3 aliphatic heterocycles. The largest absolute Gasteiger partial charge is 0.497 e. The molecular formula is C23H25NO4. The molecule has 0 aliphatic carbocycles. The number of benzene rings is 2. The second-order valence-corrected chi connectivity index (χ2v) is 7.84. The van der Waals surface area contributed by atoms with Crippen LogP contribution in [0.1, 0.15) is 45.5 Å². The molecule has 0 bridgehead atoms. The van der Waals surface area contributed by atoms with Gasteiger partial charge in [0.15, 0.2) is 0 Å². The monoisotopic (exact) mass is 379 g/mol. The van der Waals surface area contributed by atoms with Crippen LogP contribution in [0.5, 0.6) is 5.75 Å². The van der Waals surface area contributed by atoms with Crippen LogP contribution in [0.2, 0.25) is 0 Å². The van der Waals surface area contributed by atoms with Crippen LogP contribution in [0.25, 0.3) is 0 Å². The molecule has 1 amide bonds. The minimum atomic E-state index is -0.279. The molecule has 0 atom stereocenters. The first kappa shape index (κ1) is 17.7. The standard InChI is InChI=1S/C23H25NO4/c1-26-18-5-6-21-16(13-18)7-12-28-23(21)8-10-24(11-9-23)22(25)19-4-2-3-17-14-27-15-20(17)19/h2-6,13H,7-12,14-15H2,1H3. The summed E-state index contributed by atoms with van der Waals surface area (Å²) in [6, 6.07) is 12.2. The van der Waals surface area contributed by atoms with Gasteiger partial charge in [0.05, 0.1) is 32.5 Å². The fourth-order valence-corrected chi connectivity index (χ4v) is 4.84. The van der Waals surface area contributed by atoms with Crippen molar-refractivity contribution in [1.29, 1.82) is 0 Å². The molecule has 0 unspecified atom stereocenters. The summed E-state index contributed by atoms with van der Waals surface area (Å²) in [4.78, 5) is 15.1. The highest BCUT2D eigenvalue weighted by atomic mass is 16.5. The molecule has 0 saturated carbocycles. The molecule has 2 aromatic carbocycles. The van der Waals surface area contributed by atoms with Crippen molar-refractivity contribution in [3.05, 3.63) is 64.2 Å². The van der Waals surface area contributed by atoms with Crippen molar-refractivity contribution >= 4 is 5.91 Å². The summed E-state index contributed by atoms with van der Waals surface area (Å²) < 4.78 is 17.2. The molecule has 146 valence electrons. The Bertz CT molecular complexity index is 915. The van der Waals surface area contributed by atoms with Crippen molar-refractivity contribution < 1.29 is 19.0 Å². The Kier molecular flexibility index (Phi) is 4.37. The summed E-state index contributed by atoms with van der Waals surface area (Å²) in [7, 11) is 1.70. The van der Waals surface area contributed by atoms with Crippen LogP contribution in [0, 0.1) is 0 Å². The Hall–Kier alpha value is -2.37. The molecule has 5 nitrogen and oxygen atoms in total. The van der Waals surface area contributed by atoms with E-state index in [1.165, 1.54) is 11.1 Å². The molecular weight excluding hydrogens is 354 g/mol. The molecule has 1 fully saturated rings. The predicted octanol–water partition coefficient (Wildman–Crippen LogP) is 3.43. The Morgan fingerprint density at radius 1 is 1.11 bits per heavy atom. The summed E-state index contributed by atoms with van der Waals surface area (Å²) in [5.41, 5.74) is 5.28. The van der Waals surface area contributed by atoms with E-state index < -0.39 is 0 Å². The number of nitrogens with zero attached hydrogens (tertiary/aromatic N) is 1. The molecule has 3 aliphatic rings. The van der Waals surface area contributed by atoms with Gasteiger partial charge in [-0.2, -0.15) is 0 Å². The van der Waals surface area contributed by atoms with E-state index >= 15 is 0 Å². The average molecular weight is 379 g/mol. The molecule has 1 spiro atoms. The molecule has 3 heterocycles. The molecule has 28 heavy (non-hydrogen) atoms. The number of likely N-dealkylation sites (tertiary alicyclic amines) is 1. The van der Waals surface area contributed by atoms with Gasteiger partial charge in [0.25, 0.3) is 5.91 Å². The van der Waals surface area contributed by atoms with Gasteiger partial charge in [-0.25, -0.2) is 0 Å². The summed E-state index contributed by atoms with van der Waals surface area (Å²) in [6.45, 7) is 3.27. The summed E-state index contributed by atoms with van der Waals surface area (Å²) in [5.74, 6) is 1.01. The first-order chi connectivity index (χ1) is 13.7. The molecule has 1 saturated heterocycles. The third-order valence-electron chi connectivity index (χ3n) is 6.42. The fraction of sp³-hybridized carbons (Fsp3) is 0.435. The lowest BCUT2D eigenvalue weighted by molar-refractivity contribution is -0.0935. The third-order valence-corrected chi connectivity index (χ3v) is 6.42.